The molecule has 0 atom stereocenters. The first kappa shape index (κ1) is 14.1. The minimum absolute atomic E-state index is 0.294. The highest BCUT2D eigenvalue weighted by molar-refractivity contribution is 5.65. The Hall–Kier alpha value is -2.88. The van der Waals surface area contributed by atoms with E-state index >= 15 is 0 Å². The Bertz CT molecular complexity index is 923. The molecule has 22 heavy (non-hydrogen) atoms. The van der Waals surface area contributed by atoms with Crippen molar-refractivity contribution in [3.8, 4) is 16.8 Å². The van der Waals surface area contributed by atoms with Gasteiger partial charge in [0.05, 0.1) is 11.3 Å². The van der Waals surface area contributed by atoms with Crippen molar-refractivity contribution >= 4 is 0 Å². The van der Waals surface area contributed by atoms with Gasteiger partial charge in [-0.1, -0.05) is 48.5 Å². The molecule has 0 amide bonds. The molecule has 2 aromatic carbocycles. The standard InChI is InChI=1S/C18H16N2O2/c1-13-16(14-9-5-3-6-10-14)17(21)20(18(22)19(13)2)15-11-7-4-8-12-15/h3-12H,1-2H3. The van der Waals surface area contributed by atoms with Gasteiger partial charge in [-0.3, -0.25) is 9.36 Å². The first-order valence-electron chi connectivity index (χ1n) is 7.04. The van der Waals surface area contributed by atoms with E-state index in [1.807, 2.05) is 48.5 Å². The van der Waals surface area contributed by atoms with E-state index in [-0.39, 0.29) is 11.2 Å². The van der Waals surface area contributed by atoms with Gasteiger partial charge < -0.3 is 0 Å². The summed E-state index contributed by atoms with van der Waals surface area (Å²) < 4.78 is 2.73. The molecule has 1 aromatic heterocycles. The second-order valence-electron chi connectivity index (χ2n) is 5.14. The Balaban J connectivity index is 2.42. The first-order chi connectivity index (χ1) is 10.6. The fraction of sp³-hybridized carbons (Fsp3) is 0.111. The zero-order valence-electron chi connectivity index (χ0n) is 12.5. The molecule has 1 heterocycles. The van der Waals surface area contributed by atoms with Crippen LogP contribution in [-0.4, -0.2) is 9.13 Å². The largest absolute Gasteiger partial charge is 0.335 e. The average molecular weight is 292 g/mol. The molecule has 0 aliphatic carbocycles. The monoisotopic (exact) mass is 292 g/mol. The summed E-state index contributed by atoms with van der Waals surface area (Å²) in [4.78, 5) is 25.4. The third kappa shape index (κ3) is 2.19. The molecule has 0 bridgehead atoms. The van der Waals surface area contributed by atoms with E-state index in [1.165, 1.54) is 9.13 Å². The predicted molar refractivity (Wildman–Crippen MR) is 87.5 cm³/mol. The van der Waals surface area contributed by atoms with Crippen molar-refractivity contribution in [2.24, 2.45) is 7.05 Å². The van der Waals surface area contributed by atoms with Gasteiger partial charge >= 0.3 is 5.69 Å². The normalized spacial score (nSPS) is 10.6. The van der Waals surface area contributed by atoms with Crippen LogP contribution in [0.3, 0.4) is 0 Å². The molecule has 110 valence electrons. The number of nitrogens with zero attached hydrogens (tertiary/aromatic N) is 2. The average Bonchev–Trinajstić information content (AvgIpc) is 2.55. The van der Waals surface area contributed by atoms with Crippen LogP contribution in [0.15, 0.2) is 70.3 Å². The summed E-state index contributed by atoms with van der Waals surface area (Å²) in [5, 5.41) is 0. The van der Waals surface area contributed by atoms with Crippen molar-refractivity contribution in [2.75, 3.05) is 0 Å². The molecule has 0 aliphatic rings. The number of hydrogen-bond acceptors (Lipinski definition) is 2. The van der Waals surface area contributed by atoms with E-state index in [4.69, 9.17) is 0 Å². The van der Waals surface area contributed by atoms with Crippen LogP contribution in [0.1, 0.15) is 5.69 Å². The minimum atomic E-state index is -0.339. The van der Waals surface area contributed by atoms with Crippen molar-refractivity contribution in [2.45, 2.75) is 6.92 Å². The third-order valence-electron chi connectivity index (χ3n) is 3.84. The van der Waals surface area contributed by atoms with Gasteiger partial charge in [0.1, 0.15) is 0 Å². The van der Waals surface area contributed by atoms with Crippen LogP contribution in [0.2, 0.25) is 0 Å². The number of para-hydroxylation sites is 1. The van der Waals surface area contributed by atoms with Crippen molar-refractivity contribution in [3.05, 3.63) is 87.2 Å². The van der Waals surface area contributed by atoms with E-state index < -0.39 is 0 Å². The lowest BCUT2D eigenvalue weighted by Crippen LogP contribution is -2.39. The Morgan fingerprint density at radius 3 is 1.95 bits per heavy atom. The quantitative estimate of drug-likeness (QED) is 0.728. The molecule has 3 aromatic rings. The number of aromatic nitrogens is 2. The summed E-state index contributed by atoms with van der Waals surface area (Å²) in [7, 11) is 1.68. The van der Waals surface area contributed by atoms with Crippen molar-refractivity contribution in [1.29, 1.82) is 0 Å². The highest BCUT2D eigenvalue weighted by Gasteiger charge is 2.16. The van der Waals surface area contributed by atoms with Gasteiger partial charge in [-0.15, -0.1) is 0 Å². The second kappa shape index (κ2) is 5.48. The van der Waals surface area contributed by atoms with Crippen LogP contribution in [0, 0.1) is 6.92 Å². The maximum atomic E-state index is 12.9. The molecule has 0 saturated carbocycles. The lowest BCUT2D eigenvalue weighted by atomic mass is 10.1. The van der Waals surface area contributed by atoms with Gasteiger partial charge in [0.2, 0.25) is 0 Å². The molecule has 0 unspecified atom stereocenters. The highest BCUT2D eigenvalue weighted by Crippen LogP contribution is 2.18. The van der Waals surface area contributed by atoms with Crippen LogP contribution >= 0.6 is 0 Å². The van der Waals surface area contributed by atoms with Gasteiger partial charge in [-0.2, -0.15) is 0 Å². The topological polar surface area (TPSA) is 44.0 Å². The number of rotatable bonds is 2. The predicted octanol–water partition coefficient (Wildman–Crippen LogP) is 2.51. The van der Waals surface area contributed by atoms with Crippen LogP contribution in [-0.2, 0) is 7.05 Å². The molecule has 3 rings (SSSR count). The molecule has 0 fully saturated rings. The van der Waals surface area contributed by atoms with E-state index in [9.17, 15) is 9.59 Å². The zero-order chi connectivity index (χ0) is 15.7. The van der Waals surface area contributed by atoms with Gasteiger partial charge in [0, 0.05) is 12.7 Å². The van der Waals surface area contributed by atoms with Gasteiger partial charge in [0.15, 0.2) is 0 Å². The lowest BCUT2D eigenvalue weighted by molar-refractivity contribution is 0.717. The Kier molecular flexibility index (Phi) is 3.51. The van der Waals surface area contributed by atoms with Crippen LogP contribution < -0.4 is 11.2 Å². The molecule has 0 saturated heterocycles. The molecule has 0 N–H and O–H groups in total. The minimum Gasteiger partial charge on any atom is -0.300 e. The summed E-state index contributed by atoms with van der Waals surface area (Å²) in [5.74, 6) is 0. The Morgan fingerprint density at radius 2 is 1.36 bits per heavy atom. The fourth-order valence-corrected chi connectivity index (χ4v) is 2.56. The van der Waals surface area contributed by atoms with E-state index in [2.05, 4.69) is 0 Å². The second-order valence-corrected chi connectivity index (χ2v) is 5.14. The summed E-state index contributed by atoms with van der Waals surface area (Å²) in [5.41, 5.74) is 1.96. The fourth-order valence-electron chi connectivity index (χ4n) is 2.56. The molecule has 0 spiro atoms. The van der Waals surface area contributed by atoms with Crippen molar-refractivity contribution in [3.63, 3.8) is 0 Å². The molecular weight excluding hydrogens is 276 g/mol. The molecular formula is C18H16N2O2. The lowest BCUT2D eigenvalue weighted by Gasteiger charge is -2.14. The van der Waals surface area contributed by atoms with Gasteiger partial charge in [-0.05, 0) is 24.6 Å². The number of benzene rings is 2. The van der Waals surface area contributed by atoms with E-state index in [1.54, 1.807) is 26.1 Å². The molecule has 4 heteroatoms. The van der Waals surface area contributed by atoms with Gasteiger partial charge in [-0.25, -0.2) is 9.36 Å². The summed E-state index contributed by atoms with van der Waals surface area (Å²) in [6.45, 7) is 1.79. The summed E-state index contributed by atoms with van der Waals surface area (Å²) in [6.07, 6.45) is 0. The van der Waals surface area contributed by atoms with Gasteiger partial charge in [0.25, 0.3) is 5.56 Å². The van der Waals surface area contributed by atoms with Crippen molar-refractivity contribution in [1.82, 2.24) is 9.13 Å². The summed E-state index contributed by atoms with van der Waals surface area (Å²) in [6, 6.07) is 18.4. The summed E-state index contributed by atoms with van der Waals surface area (Å²) >= 11 is 0. The third-order valence-corrected chi connectivity index (χ3v) is 3.84. The van der Waals surface area contributed by atoms with Crippen LogP contribution in [0.25, 0.3) is 16.8 Å². The SMILES string of the molecule is Cc1c(-c2ccccc2)c(=O)n(-c2ccccc2)c(=O)n1C. The maximum Gasteiger partial charge on any atom is 0.335 e. The molecule has 4 nitrogen and oxygen atoms in total. The van der Waals surface area contributed by atoms with Crippen molar-refractivity contribution < 1.29 is 0 Å². The molecule has 0 aliphatic heterocycles. The van der Waals surface area contributed by atoms with Crippen LogP contribution in [0.5, 0.6) is 0 Å². The highest BCUT2D eigenvalue weighted by atomic mass is 16.2. The van der Waals surface area contributed by atoms with E-state index in [0.717, 1.165) is 5.56 Å². The van der Waals surface area contributed by atoms with Crippen LogP contribution in [0.4, 0.5) is 0 Å². The first-order valence-corrected chi connectivity index (χ1v) is 7.04. The van der Waals surface area contributed by atoms with E-state index in [0.29, 0.717) is 16.9 Å². The zero-order valence-corrected chi connectivity index (χ0v) is 12.5. The Labute approximate surface area is 127 Å². The molecule has 0 radical (unpaired) electrons. The Morgan fingerprint density at radius 1 is 0.818 bits per heavy atom. The maximum absolute atomic E-state index is 12.9. The number of hydrogen-bond donors (Lipinski definition) is 0. The smallest absolute Gasteiger partial charge is 0.300 e.